The van der Waals surface area contributed by atoms with E-state index in [1.807, 2.05) is 0 Å². The molecule has 7 atom stereocenters. The van der Waals surface area contributed by atoms with E-state index in [2.05, 4.69) is 83.1 Å². The molecule has 338 valence electrons. The highest BCUT2D eigenvalue weighted by molar-refractivity contribution is 6.80. The van der Waals surface area contributed by atoms with Crippen LogP contribution in [0.4, 0.5) is 23.2 Å². The van der Waals surface area contributed by atoms with Crippen molar-refractivity contribution in [3.8, 4) is 0 Å². The molecular formula is C51H98AlF4N. The first-order valence-corrected chi connectivity index (χ1v) is 28.3. The van der Waals surface area contributed by atoms with Crippen LogP contribution in [-0.2, 0) is 0 Å². The summed E-state index contributed by atoms with van der Waals surface area (Å²) in [5.41, 5.74) is -0.752. The maximum Gasteiger partial charge on any atom is 0.225 e. The van der Waals surface area contributed by atoms with Gasteiger partial charge in [-0.2, -0.15) is 29.9 Å². The molecule has 6 heteroatoms. The van der Waals surface area contributed by atoms with Gasteiger partial charge in [-0.05, 0) is 38.5 Å². The third-order valence-electron chi connectivity index (χ3n) is 13.6. The molecule has 0 aromatic heterocycles. The van der Waals surface area contributed by atoms with E-state index in [-0.39, 0.29) is 11.6 Å². The number of halogens is 4. The lowest BCUT2D eigenvalue weighted by atomic mass is 9.91. The largest absolute Gasteiger partial charge is 0.297 e. The lowest BCUT2D eigenvalue weighted by Gasteiger charge is -2.44. The van der Waals surface area contributed by atoms with Crippen LogP contribution in [0.1, 0.15) is 217 Å². The third kappa shape index (κ3) is 23.3. The molecule has 1 rings (SSSR count). The van der Waals surface area contributed by atoms with Crippen LogP contribution in [0.3, 0.4) is 0 Å². The van der Waals surface area contributed by atoms with Gasteiger partial charge in [-0.25, -0.2) is 8.78 Å². The van der Waals surface area contributed by atoms with Crippen LogP contribution in [-0.4, -0.2) is 26.2 Å². The number of quaternary nitrogens is 1. The molecule has 1 nitrogen and oxygen atoms in total. The van der Waals surface area contributed by atoms with Crippen LogP contribution in [0.2, 0.25) is 21.1 Å². The van der Waals surface area contributed by atoms with Gasteiger partial charge in [0.1, 0.15) is 13.1 Å². The molecule has 0 saturated heterocycles. The molecule has 0 saturated carbocycles. The standard InChI is InChI=1S/C27H45F4N.4C6H13.Al/c1-6-9-10-11-12-13-14-18-32(19-20(4)16-17-22(8-3)15-7-2)27-24(29)21(5)23(28)25(30)26(27)31;4*1-4-5-6(2)3;/h20,22H,6-19H2,1-5H3;4*6H,2,4-5H2,1,3H3;/q;;;;;-1/p+1. The molecule has 0 radical (unpaired) electrons. The Balaban J connectivity index is 0.00000114. The summed E-state index contributed by atoms with van der Waals surface area (Å²) in [5.74, 6) is -0.510. The lowest BCUT2D eigenvalue weighted by molar-refractivity contribution is -0.839. The van der Waals surface area contributed by atoms with Gasteiger partial charge in [0.05, 0.1) is 13.1 Å². The fraction of sp³-hybridized carbons (Fsp3) is 0.882. The summed E-state index contributed by atoms with van der Waals surface area (Å²) in [6.07, 6.45) is 24.6. The van der Waals surface area contributed by atoms with E-state index in [0.717, 1.165) is 68.6 Å². The van der Waals surface area contributed by atoms with Crippen LogP contribution in [0.15, 0.2) is 0 Å². The normalized spacial score (nSPS) is 16.6. The van der Waals surface area contributed by atoms with Crippen LogP contribution in [0.25, 0.3) is 0 Å². The smallest absolute Gasteiger partial charge is 0.225 e. The molecule has 0 aliphatic rings. The highest BCUT2D eigenvalue weighted by Gasteiger charge is 2.35. The van der Waals surface area contributed by atoms with Crippen molar-refractivity contribution in [2.24, 2.45) is 35.5 Å². The molecule has 0 fully saturated rings. The fourth-order valence-electron chi connectivity index (χ4n) is 11.1. The van der Waals surface area contributed by atoms with Gasteiger partial charge < -0.3 is 0 Å². The molecule has 0 bridgehead atoms. The average Bonchev–Trinajstić information content (AvgIpc) is 3.14. The number of hydrogen-bond donors (Lipinski definition) is 1. The van der Waals surface area contributed by atoms with Crippen molar-refractivity contribution in [3.05, 3.63) is 28.8 Å². The van der Waals surface area contributed by atoms with Crippen molar-refractivity contribution < 1.29 is 22.5 Å². The van der Waals surface area contributed by atoms with Gasteiger partial charge in [-0.1, -0.05) is 209 Å². The maximum absolute atomic E-state index is 14.9. The number of rotatable bonds is 33. The lowest BCUT2D eigenvalue weighted by Crippen LogP contribution is -3.08. The maximum atomic E-state index is 14.9. The topological polar surface area (TPSA) is 4.44 Å². The summed E-state index contributed by atoms with van der Waals surface area (Å²) < 4.78 is 57.6. The highest BCUT2D eigenvalue weighted by Crippen LogP contribution is 2.41. The van der Waals surface area contributed by atoms with Gasteiger partial charge in [-0.3, -0.25) is 4.90 Å². The molecule has 1 aromatic carbocycles. The molecule has 1 N–H and O–H groups in total. The zero-order valence-corrected chi connectivity index (χ0v) is 41.6. The van der Waals surface area contributed by atoms with E-state index in [1.165, 1.54) is 90.4 Å². The number of hydrogen-bond acceptors (Lipinski definition) is 0. The predicted octanol–water partition coefficient (Wildman–Crippen LogP) is 17.2. The minimum absolute atomic E-state index is 0.243. The Morgan fingerprint density at radius 1 is 0.439 bits per heavy atom. The van der Waals surface area contributed by atoms with E-state index < -0.39 is 41.9 Å². The number of nitrogens with one attached hydrogen (secondary N) is 1. The molecule has 1 aromatic rings. The average molecular weight is 828 g/mol. The predicted molar refractivity (Wildman–Crippen MR) is 248 cm³/mol. The van der Waals surface area contributed by atoms with Crippen molar-refractivity contribution >= 4 is 18.8 Å². The van der Waals surface area contributed by atoms with Crippen molar-refractivity contribution in [2.45, 2.75) is 240 Å². The summed E-state index contributed by atoms with van der Waals surface area (Å²) in [6, 6.07) is 0. The van der Waals surface area contributed by atoms with Crippen LogP contribution in [0, 0.1) is 65.7 Å². The minimum atomic E-state index is -1.56. The zero-order valence-electron chi connectivity index (χ0n) is 40.4. The van der Waals surface area contributed by atoms with E-state index in [4.69, 9.17) is 0 Å². The van der Waals surface area contributed by atoms with E-state index in [1.54, 1.807) is 21.1 Å². The quantitative estimate of drug-likeness (QED) is 0.0237. The zero-order chi connectivity index (χ0) is 43.4. The first-order valence-electron chi connectivity index (χ1n) is 25.0. The molecule has 0 aliphatic carbocycles. The van der Waals surface area contributed by atoms with Gasteiger partial charge in [0.15, 0.2) is 11.6 Å². The Labute approximate surface area is 356 Å². The van der Waals surface area contributed by atoms with Gasteiger partial charge in [0.2, 0.25) is 17.3 Å². The fourth-order valence-corrected chi connectivity index (χ4v) is 20.0. The SMILES string of the molecule is CCCC(C)[CH2][Al-]([CH2]C(C)CCC)([CH2]C(C)CCC)[CH2]C(C)CCC.CCCCCCCCC[NH+](CC(C)CCC(CC)CCC)c1c(F)c(C)c(F)c(F)c1F. The Hall–Kier alpha value is -0.568. The van der Waals surface area contributed by atoms with Crippen molar-refractivity contribution in [1.29, 1.82) is 0 Å². The second kappa shape index (κ2) is 33.1. The first kappa shape index (κ1) is 56.4. The van der Waals surface area contributed by atoms with Crippen molar-refractivity contribution in [1.82, 2.24) is 0 Å². The molecular weight excluding hydrogens is 730 g/mol. The summed E-state index contributed by atoms with van der Waals surface area (Å²) in [4.78, 5) is 0.603. The third-order valence-corrected chi connectivity index (χ3v) is 20.8. The molecule has 0 amide bonds. The molecule has 0 spiro atoms. The second-order valence-corrected chi connectivity index (χ2v) is 25.3. The van der Waals surface area contributed by atoms with Crippen LogP contribution < -0.4 is 4.90 Å². The van der Waals surface area contributed by atoms with Gasteiger partial charge in [-0.15, -0.1) is 0 Å². The van der Waals surface area contributed by atoms with E-state index in [9.17, 15) is 17.6 Å². The Bertz CT molecular complexity index is 1040. The Morgan fingerprint density at radius 3 is 1.26 bits per heavy atom. The highest BCUT2D eigenvalue weighted by atomic mass is 27.2. The first-order chi connectivity index (χ1) is 27.1. The summed E-state index contributed by atoms with van der Waals surface area (Å²) in [6.45, 7) is 30.7. The minimum Gasteiger partial charge on any atom is -0.297 e. The van der Waals surface area contributed by atoms with E-state index in [0.29, 0.717) is 23.9 Å². The van der Waals surface area contributed by atoms with Crippen LogP contribution in [0.5, 0.6) is 0 Å². The van der Waals surface area contributed by atoms with Crippen molar-refractivity contribution in [3.63, 3.8) is 0 Å². The monoisotopic (exact) mass is 828 g/mol. The van der Waals surface area contributed by atoms with E-state index >= 15 is 0 Å². The van der Waals surface area contributed by atoms with Crippen molar-refractivity contribution in [2.75, 3.05) is 13.1 Å². The molecule has 0 heterocycles. The Morgan fingerprint density at radius 2 is 0.860 bits per heavy atom. The van der Waals surface area contributed by atoms with Gasteiger partial charge >= 0.3 is 0 Å². The summed E-state index contributed by atoms with van der Waals surface area (Å²) >= 11 is -1.55. The van der Waals surface area contributed by atoms with Gasteiger partial charge in [0, 0.05) is 11.5 Å². The van der Waals surface area contributed by atoms with Crippen LogP contribution >= 0.6 is 0 Å². The summed E-state index contributed by atoms with van der Waals surface area (Å²) in [5, 5.41) is 6.54. The number of unbranched alkanes of at least 4 members (excludes halogenated alkanes) is 6. The number of benzene rings is 1. The molecule has 0 aliphatic heterocycles. The Kier molecular flexibility index (Phi) is 32.8. The molecule has 7 unspecified atom stereocenters. The summed E-state index contributed by atoms with van der Waals surface area (Å²) in [7, 11) is 0. The molecule has 57 heavy (non-hydrogen) atoms. The van der Waals surface area contributed by atoms with Gasteiger partial charge in [0.25, 0.3) is 0 Å². The second-order valence-electron chi connectivity index (χ2n) is 19.9.